The molecule has 0 aliphatic carbocycles. The highest BCUT2D eigenvalue weighted by Gasteiger charge is 2.40. The van der Waals surface area contributed by atoms with E-state index in [0.717, 1.165) is 0 Å². The van der Waals surface area contributed by atoms with Gasteiger partial charge in [-0.05, 0) is 29.8 Å². The smallest absolute Gasteiger partial charge is 0.378 e. The maximum absolute atomic E-state index is 12.3. The van der Waals surface area contributed by atoms with Gasteiger partial charge in [-0.15, -0.1) is 0 Å². The molecule has 2 aromatic rings. The number of hydrogen-bond donors (Lipinski definition) is 2. The molecule has 6 heteroatoms. The molecule has 2 rings (SSSR count). The number of H-pyrrole nitrogens is 1. The van der Waals surface area contributed by atoms with Crippen molar-refractivity contribution in [1.82, 2.24) is 4.98 Å². The average molecular weight is 276 g/mol. The van der Waals surface area contributed by atoms with Crippen molar-refractivity contribution in [3.05, 3.63) is 47.1 Å². The number of hydrogen-bond acceptors (Lipinski definition) is 1. The minimum absolute atomic E-state index is 0.285. The van der Waals surface area contributed by atoms with Gasteiger partial charge in [0.15, 0.2) is 6.10 Å². The predicted octanol–water partition coefficient (Wildman–Crippen LogP) is 3.93. The van der Waals surface area contributed by atoms with Crippen molar-refractivity contribution in [3.63, 3.8) is 0 Å². The highest BCUT2D eigenvalue weighted by atomic mass is 35.5. The van der Waals surface area contributed by atoms with E-state index in [4.69, 9.17) is 16.7 Å². The summed E-state index contributed by atoms with van der Waals surface area (Å²) in [5.74, 6) is 0. The number of aromatic nitrogens is 1. The molecule has 18 heavy (non-hydrogen) atoms. The molecule has 1 aromatic heterocycles. The summed E-state index contributed by atoms with van der Waals surface area (Å²) in [5.41, 5.74) is 0.900. The number of aromatic amines is 1. The second kappa shape index (κ2) is 4.66. The molecule has 0 aliphatic rings. The fourth-order valence-electron chi connectivity index (χ4n) is 1.55. The van der Waals surface area contributed by atoms with Crippen LogP contribution in [0.1, 0.15) is 11.8 Å². The van der Waals surface area contributed by atoms with Crippen molar-refractivity contribution in [2.24, 2.45) is 0 Å². The van der Waals surface area contributed by atoms with Gasteiger partial charge in [0.1, 0.15) is 0 Å². The average Bonchev–Trinajstić information content (AvgIpc) is 2.77. The molecule has 1 heterocycles. The lowest BCUT2D eigenvalue weighted by Gasteiger charge is -2.12. The van der Waals surface area contributed by atoms with Gasteiger partial charge in [-0.3, -0.25) is 0 Å². The standard InChI is InChI=1S/C12H9ClF3NO/c13-8-3-1-7(2-4-8)9-5-6-10(17-9)11(18)12(14,15)16/h1-6,11,17-18H. The maximum atomic E-state index is 12.3. The molecule has 0 saturated heterocycles. The summed E-state index contributed by atoms with van der Waals surface area (Å²) in [6.45, 7) is 0. The minimum Gasteiger partial charge on any atom is -0.378 e. The SMILES string of the molecule is OC(c1ccc(-c2ccc(Cl)cc2)[nH]1)C(F)(F)F. The highest BCUT2D eigenvalue weighted by Crippen LogP contribution is 2.33. The Balaban J connectivity index is 2.28. The van der Waals surface area contributed by atoms with Gasteiger partial charge in [-0.25, -0.2) is 0 Å². The zero-order chi connectivity index (χ0) is 13.3. The van der Waals surface area contributed by atoms with E-state index in [1.165, 1.54) is 12.1 Å². The van der Waals surface area contributed by atoms with Crippen LogP contribution in [0.2, 0.25) is 5.02 Å². The topological polar surface area (TPSA) is 36.0 Å². The second-order valence-electron chi connectivity index (χ2n) is 3.78. The maximum Gasteiger partial charge on any atom is 0.420 e. The van der Waals surface area contributed by atoms with Crippen LogP contribution in [0.3, 0.4) is 0 Å². The van der Waals surface area contributed by atoms with Crippen LogP contribution in [-0.4, -0.2) is 16.3 Å². The number of halogens is 4. The lowest BCUT2D eigenvalue weighted by atomic mass is 10.2. The summed E-state index contributed by atoms with van der Waals surface area (Å²) in [6, 6.07) is 9.32. The Morgan fingerprint density at radius 2 is 1.67 bits per heavy atom. The van der Waals surface area contributed by atoms with Gasteiger partial charge in [0.05, 0.1) is 5.69 Å². The van der Waals surface area contributed by atoms with Crippen LogP contribution in [0.5, 0.6) is 0 Å². The first-order valence-electron chi connectivity index (χ1n) is 5.07. The number of aliphatic hydroxyl groups excluding tert-OH is 1. The first-order valence-corrected chi connectivity index (χ1v) is 5.45. The Morgan fingerprint density at radius 3 is 2.22 bits per heavy atom. The van der Waals surface area contributed by atoms with E-state index in [1.54, 1.807) is 24.3 Å². The fraction of sp³-hybridized carbons (Fsp3) is 0.167. The van der Waals surface area contributed by atoms with Gasteiger partial charge < -0.3 is 10.1 Å². The number of aliphatic hydroxyl groups is 1. The van der Waals surface area contributed by atoms with E-state index < -0.39 is 12.3 Å². The monoisotopic (exact) mass is 275 g/mol. The van der Waals surface area contributed by atoms with E-state index in [2.05, 4.69) is 4.98 Å². The highest BCUT2D eigenvalue weighted by molar-refractivity contribution is 6.30. The zero-order valence-electron chi connectivity index (χ0n) is 9.00. The fourth-order valence-corrected chi connectivity index (χ4v) is 1.67. The quantitative estimate of drug-likeness (QED) is 0.856. The van der Waals surface area contributed by atoms with Crippen LogP contribution in [0.15, 0.2) is 36.4 Å². The molecule has 0 amide bonds. The summed E-state index contributed by atoms with van der Waals surface area (Å²) in [7, 11) is 0. The van der Waals surface area contributed by atoms with Crippen LogP contribution in [-0.2, 0) is 0 Å². The number of nitrogens with one attached hydrogen (secondary N) is 1. The van der Waals surface area contributed by atoms with Crippen molar-refractivity contribution in [2.45, 2.75) is 12.3 Å². The summed E-state index contributed by atoms with van der Waals surface area (Å²) >= 11 is 5.72. The van der Waals surface area contributed by atoms with Gasteiger partial charge >= 0.3 is 6.18 Å². The molecule has 0 radical (unpaired) electrons. The summed E-state index contributed by atoms with van der Waals surface area (Å²) in [6.07, 6.45) is -7.18. The van der Waals surface area contributed by atoms with E-state index in [-0.39, 0.29) is 5.69 Å². The van der Waals surface area contributed by atoms with Crippen LogP contribution >= 0.6 is 11.6 Å². The Hall–Kier alpha value is -1.46. The Labute approximate surface area is 106 Å². The van der Waals surface area contributed by atoms with E-state index >= 15 is 0 Å². The number of benzene rings is 1. The van der Waals surface area contributed by atoms with Crippen LogP contribution in [0.4, 0.5) is 13.2 Å². The molecule has 1 unspecified atom stereocenters. The third-order valence-corrected chi connectivity index (χ3v) is 2.72. The Bertz CT molecular complexity index is 533. The molecule has 2 nitrogen and oxygen atoms in total. The minimum atomic E-state index is -4.68. The summed E-state index contributed by atoms with van der Waals surface area (Å²) < 4.78 is 36.9. The third kappa shape index (κ3) is 2.68. The molecule has 0 bridgehead atoms. The van der Waals surface area contributed by atoms with Crippen molar-refractivity contribution in [2.75, 3.05) is 0 Å². The first-order chi connectivity index (χ1) is 8.38. The Morgan fingerprint density at radius 1 is 1.06 bits per heavy atom. The lowest BCUT2D eigenvalue weighted by molar-refractivity contribution is -0.207. The van der Waals surface area contributed by atoms with Crippen molar-refractivity contribution < 1.29 is 18.3 Å². The molecule has 0 aliphatic heterocycles. The van der Waals surface area contributed by atoms with E-state index in [9.17, 15) is 13.2 Å². The number of alkyl halides is 3. The molecular formula is C12H9ClF3NO. The van der Waals surface area contributed by atoms with Gasteiger partial charge in [-0.1, -0.05) is 23.7 Å². The van der Waals surface area contributed by atoms with Gasteiger partial charge in [0.2, 0.25) is 0 Å². The van der Waals surface area contributed by atoms with Crippen LogP contribution < -0.4 is 0 Å². The summed E-state index contributed by atoms with van der Waals surface area (Å²) in [4.78, 5) is 2.54. The zero-order valence-corrected chi connectivity index (χ0v) is 9.76. The molecule has 96 valence electrons. The van der Waals surface area contributed by atoms with E-state index in [0.29, 0.717) is 16.3 Å². The van der Waals surface area contributed by atoms with Crippen molar-refractivity contribution in [1.29, 1.82) is 0 Å². The molecule has 1 atom stereocenters. The van der Waals surface area contributed by atoms with Gasteiger partial charge in [0.25, 0.3) is 0 Å². The first kappa shape index (κ1) is 13.0. The molecular weight excluding hydrogens is 267 g/mol. The predicted molar refractivity (Wildman–Crippen MR) is 62.3 cm³/mol. The van der Waals surface area contributed by atoms with Crippen LogP contribution in [0.25, 0.3) is 11.3 Å². The molecule has 0 fully saturated rings. The van der Waals surface area contributed by atoms with Crippen LogP contribution in [0, 0.1) is 0 Å². The molecule has 0 saturated carbocycles. The summed E-state index contributed by atoms with van der Waals surface area (Å²) in [5, 5.41) is 9.63. The van der Waals surface area contributed by atoms with Gasteiger partial charge in [-0.2, -0.15) is 13.2 Å². The lowest BCUT2D eigenvalue weighted by Crippen LogP contribution is -2.20. The largest absolute Gasteiger partial charge is 0.420 e. The molecule has 1 aromatic carbocycles. The van der Waals surface area contributed by atoms with Crippen molar-refractivity contribution in [3.8, 4) is 11.3 Å². The molecule has 2 N–H and O–H groups in total. The van der Waals surface area contributed by atoms with E-state index in [1.807, 2.05) is 0 Å². The molecule has 0 spiro atoms. The van der Waals surface area contributed by atoms with Gasteiger partial charge in [0, 0.05) is 10.7 Å². The normalized spacial score (nSPS) is 13.6. The second-order valence-corrected chi connectivity index (χ2v) is 4.21. The number of rotatable bonds is 2. The third-order valence-electron chi connectivity index (χ3n) is 2.47. The van der Waals surface area contributed by atoms with Crippen molar-refractivity contribution >= 4 is 11.6 Å². The Kier molecular flexibility index (Phi) is 3.36.